The Hall–Kier alpha value is -1.43. The van der Waals surface area contributed by atoms with Crippen molar-refractivity contribution in [2.45, 2.75) is 45.6 Å². The Morgan fingerprint density at radius 1 is 1.11 bits per heavy atom. The van der Waals surface area contributed by atoms with Gasteiger partial charge in [-0.1, -0.05) is 23.8 Å². The number of hydrogen-bond donors (Lipinski definition) is 2. The third-order valence-corrected chi connectivity index (χ3v) is 6.51. The van der Waals surface area contributed by atoms with Gasteiger partial charge in [0.1, 0.15) is 0 Å². The van der Waals surface area contributed by atoms with Crippen LogP contribution in [0.2, 0.25) is 0 Å². The van der Waals surface area contributed by atoms with E-state index in [4.69, 9.17) is 12.2 Å². The van der Waals surface area contributed by atoms with Gasteiger partial charge < -0.3 is 15.1 Å². The third kappa shape index (κ3) is 6.91. The lowest BCUT2D eigenvalue weighted by atomic mass is 10.2. The van der Waals surface area contributed by atoms with E-state index in [9.17, 15) is 0 Å². The smallest absolute Gasteiger partial charge is 0.173 e. The Labute approximate surface area is 173 Å². The monoisotopic (exact) mass is 402 g/mol. The van der Waals surface area contributed by atoms with Crippen LogP contribution in [0.3, 0.4) is 0 Å². The highest BCUT2D eigenvalue weighted by Gasteiger charge is 2.15. The molecule has 0 bridgehead atoms. The molecule has 2 aromatic rings. The topological polar surface area (TPSA) is 19.7 Å². The van der Waals surface area contributed by atoms with Crippen molar-refractivity contribution in [3.8, 4) is 0 Å². The van der Waals surface area contributed by atoms with Crippen LogP contribution in [0.15, 0.2) is 41.8 Å². The molecule has 5 heteroatoms. The van der Waals surface area contributed by atoms with Gasteiger partial charge in [-0.2, -0.15) is 0 Å². The van der Waals surface area contributed by atoms with Crippen LogP contribution in [0.25, 0.3) is 0 Å². The van der Waals surface area contributed by atoms with Gasteiger partial charge in [-0.05, 0) is 68.4 Å². The van der Waals surface area contributed by atoms with E-state index in [0.717, 1.165) is 23.9 Å². The maximum atomic E-state index is 5.77. The predicted molar refractivity (Wildman–Crippen MR) is 121 cm³/mol. The Kier molecular flexibility index (Phi) is 8.11. The summed E-state index contributed by atoms with van der Waals surface area (Å²) < 4.78 is 0. The number of aryl methyl sites for hydroxylation is 1. The van der Waals surface area contributed by atoms with E-state index in [-0.39, 0.29) is 0 Å². The number of benzene rings is 1. The fraction of sp³-hybridized carbons (Fsp3) is 0.500. The van der Waals surface area contributed by atoms with Crippen LogP contribution in [0.4, 0.5) is 5.69 Å². The maximum absolute atomic E-state index is 5.77. The second-order valence-corrected chi connectivity index (χ2v) is 8.98. The number of anilines is 1. The Morgan fingerprint density at radius 2 is 1.85 bits per heavy atom. The summed E-state index contributed by atoms with van der Waals surface area (Å²) in [6.07, 6.45) is 6.80. The van der Waals surface area contributed by atoms with Crippen LogP contribution in [0, 0.1) is 6.92 Å². The van der Waals surface area contributed by atoms with Gasteiger partial charge >= 0.3 is 0 Å². The summed E-state index contributed by atoms with van der Waals surface area (Å²) in [6.45, 7) is 7.96. The molecule has 2 heterocycles. The molecule has 1 aromatic heterocycles. The molecule has 0 atom stereocenters. The van der Waals surface area contributed by atoms with Crippen LogP contribution >= 0.6 is 23.6 Å². The van der Waals surface area contributed by atoms with E-state index in [1.165, 1.54) is 62.2 Å². The highest BCUT2D eigenvalue weighted by molar-refractivity contribution is 7.80. The van der Waals surface area contributed by atoms with Crippen LogP contribution in [-0.4, -0.2) is 36.2 Å². The van der Waals surface area contributed by atoms with Gasteiger partial charge in [0.25, 0.3) is 0 Å². The van der Waals surface area contributed by atoms with Crippen molar-refractivity contribution in [3.05, 3.63) is 52.2 Å². The average Bonchev–Trinajstić information content (AvgIpc) is 3.04. The molecule has 0 aliphatic carbocycles. The third-order valence-electron chi connectivity index (χ3n) is 5.29. The molecule has 0 unspecified atom stereocenters. The van der Waals surface area contributed by atoms with Crippen molar-refractivity contribution in [2.75, 3.05) is 31.5 Å². The Bertz CT molecular complexity index is 674. The number of hydrogen-bond acceptors (Lipinski definition) is 2. The Balaban J connectivity index is 1.55. The summed E-state index contributed by atoms with van der Waals surface area (Å²) in [7, 11) is 0. The summed E-state index contributed by atoms with van der Waals surface area (Å²) in [6, 6.07) is 12.8. The molecule has 146 valence electrons. The van der Waals surface area contributed by atoms with Crippen molar-refractivity contribution in [1.82, 2.24) is 4.90 Å². The lowest BCUT2D eigenvalue weighted by molar-refractivity contribution is -0.899. The summed E-state index contributed by atoms with van der Waals surface area (Å²) >= 11 is 7.57. The minimum atomic E-state index is 0.832. The molecule has 1 aliphatic rings. The van der Waals surface area contributed by atoms with Crippen LogP contribution in [0.1, 0.15) is 42.5 Å². The number of likely N-dealkylation sites (tertiary alicyclic amines) is 1. The molecule has 2 N–H and O–H groups in total. The highest BCUT2D eigenvalue weighted by Crippen LogP contribution is 2.15. The van der Waals surface area contributed by atoms with Crippen molar-refractivity contribution >= 4 is 34.4 Å². The molecule has 1 aromatic carbocycles. The predicted octanol–water partition coefficient (Wildman–Crippen LogP) is 4.10. The summed E-state index contributed by atoms with van der Waals surface area (Å²) in [5, 5.41) is 6.41. The standard InChI is InChI=1S/C22H31N3S2/c1-19-9-11-20(12-10-19)23-22(26)25(18-21-8-6-17-27-21)16-7-15-24-13-4-2-3-5-14-24/h6,8-12,17H,2-5,7,13-16,18H2,1H3,(H,23,26)/p+1. The average molecular weight is 403 g/mol. The van der Waals surface area contributed by atoms with E-state index in [1.54, 1.807) is 16.2 Å². The fourth-order valence-corrected chi connectivity index (χ4v) is 4.67. The molecule has 3 rings (SSSR count). The zero-order chi connectivity index (χ0) is 18.9. The molecule has 27 heavy (non-hydrogen) atoms. The number of nitrogens with zero attached hydrogens (tertiary/aromatic N) is 1. The van der Waals surface area contributed by atoms with E-state index in [1.807, 2.05) is 0 Å². The number of quaternary nitrogens is 1. The van der Waals surface area contributed by atoms with Gasteiger partial charge in [-0.25, -0.2) is 0 Å². The zero-order valence-electron chi connectivity index (χ0n) is 16.4. The van der Waals surface area contributed by atoms with Crippen molar-refractivity contribution in [3.63, 3.8) is 0 Å². The highest BCUT2D eigenvalue weighted by atomic mass is 32.1. The SMILES string of the molecule is Cc1ccc(NC(=S)N(CCC[NH+]2CCCCCC2)Cc2cccs2)cc1. The van der Waals surface area contributed by atoms with E-state index in [0.29, 0.717) is 0 Å². The maximum Gasteiger partial charge on any atom is 0.173 e. The van der Waals surface area contributed by atoms with E-state index >= 15 is 0 Å². The van der Waals surface area contributed by atoms with Gasteiger partial charge in [-0.3, -0.25) is 0 Å². The van der Waals surface area contributed by atoms with Gasteiger partial charge in [0, 0.05) is 23.5 Å². The number of thiocarbonyl (C=S) groups is 1. The van der Waals surface area contributed by atoms with Gasteiger partial charge in [0.15, 0.2) is 5.11 Å². The minimum absolute atomic E-state index is 0.832. The van der Waals surface area contributed by atoms with Crippen LogP contribution in [-0.2, 0) is 6.54 Å². The minimum Gasteiger partial charge on any atom is -0.344 e. The van der Waals surface area contributed by atoms with Crippen LogP contribution < -0.4 is 10.2 Å². The molecular formula is C22H32N3S2+. The molecule has 3 nitrogen and oxygen atoms in total. The molecule has 1 fully saturated rings. The van der Waals surface area contributed by atoms with Crippen molar-refractivity contribution < 1.29 is 4.90 Å². The fourth-order valence-electron chi connectivity index (χ4n) is 3.68. The first-order valence-corrected chi connectivity index (χ1v) is 11.5. The van der Waals surface area contributed by atoms with Crippen molar-refractivity contribution in [2.24, 2.45) is 0 Å². The number of thiophene rings is 1. The van der Waals surface area contributed by atoms with Crippen LogP contribution in [0.5, 0.6) is 0 Å². The van der Waals surface area contributed by atoms with Crippen molar-refractivity contribution in [1.29, 1.82) is 0 Å². The molecule has 1 saturated heterocycles. The first kappa shape index (κ1) is 20.3. The molecule has 0 spiro atoms. The number of nitrogens with one attached hydrogen (secondary N) is 2. The largest absolute Gasteiger partial charge is 0.344 e. The first-order chi connectivity index (χ1) is 13.2. The first-order valence-electron chi connectivity index (χ1n) is 10.2. The normalized spacial score (nSPS) is 15.3. The van der Waals surface area contributed by atoms with E-state index in [2.05, 4.69) is 58.9 Å². The molecule has 0 amide bonds. The molecule has 0 radical (unpaired) electrons. The van der Waals surface area contributed by atoms with Gasteiger partial charge in [0.2, 0.25) is 0 Å². The zero-order valence-corrected chi connectivity index (χ0v) is 18.0. The van der Waals surface area contributed by atoms with Gasteiger partial charge in [-0.15, -0.1) is 11.3 Å². The lowest BCUT2D eigenvalue weighted by Crippen LogP contribution is -3.11. The summed E-state index contributed by atoms with van der Waals surface area (Å²) in [5.74, 6) is 0. The summed E-state index contributed by atoms with van der Waals surface area (Å²) in [5.41, 5.74) is 2.34. The number of rotatable bonds is 7. The quantitative estimate of drug-likeness (QED) is 0.680. The molecule has 0 saturated carbocycles. The second kappa shape index (κ2) is 10.8. The van der Waals surface area contributed by atoms with Gasteiger partial charge in [0.05, 0.1) is 26.2 Å². The lowest BCUT2D eigenvalue weighted by Gasteiger charge is -2.26. The Morgan fingerprint density at radius 3 is 2.52 bits per heavy atom. The molecule has 1 aliphatic heterocycles. The van der Waals surface area contributed by atoms with E-state index < -0.39 is 0 Å². The second-order valence-electron chi connectivity index (χ2n) is 7.56. The molecular weight excluding hydrogens is 370 g/mol. The summed E-state index contributed by atoms with van der Waals surface area (Å²) in [4.78, 5) is 5.48.